The maximum Gasteiger partial charge on any atom is 0.208 e. The monoisotopic (exact) mass is 570 g/mol. The third kappa shape index (κ3) is 5.86. The molecule has 0 aromatic carbocycles. The fraction of sp³-hybridized carbons (Fsp3) is 0.840. The van der Waals surface area contributed by atoms with Crippen molar-refractivity contribution in [1.82, 2.24) is 25.0 Å². The predicted molar refractivity (Wildman–Crippen MR) is 143 cm³/mol. The molecule has 3 atom stereocenters. The molecular formula is C25H43IN6O. The molecular weight excluding hydrogens is 527 g/mol. The number of rotatable bonds is 5. The van der Waals surface area contributed by atoms with Gasteiger partial charge in [0, 0.05) is 45.8 Å². The average molecular weight is 571 g/mol. The van der Waals surface area contributed by atoms with Crippen LogP contribution in [0, 0.1) is 31.6 Å². The lowest BCUT2D eigenvalue weighted by Gasteiger charge is -2.42. The Bertz CT molecular complexity index is 777. The number of hydrogen-bond donors (Lipinski definition) is 1. The molecule has 3 heterocycles. The van der Waals surface area contributed by atoms with Crippen molar-refractivity contribution >= 4 is 29.9 Å². The van der Waals surface area contributed by atoms with Gasteiger partial charge in [0.05, 0.1) is 12.2 Å². The maximum atomic E-state index is 5.77. The van der Waals surface area contributed by atoms with Gasteiger partial charge in [-0.2, -0.15) is 0 Å². The lowest BCUT2D eigenvalue weighted by molar-refractivity contribution is 0.0955. The molecule has 4 aliphatic rings. The first-order valence-electron chi connectivity index (χ1n) is 12.9. The first-order valence-corrected chi connectivity index (χ1v) is 12.9. The molecule has 2 saturated heterocycles. The lowest BCUT2D eigenvalue weighted by Crippen LogP contribution is -2.56. The third-order valence-electron chi connectivity index (χ3n) is 8.68. The molecule has 4 fully saturated rings. The quantitative estimate of drug-likeness (QED) is 0.333. The average Bonchev–Trinajstić information content (AvgIpc) is 3.52. The van der Waals surface area contributed by atoms with Gasteiger partial charge in [0.2, 0.25) is 5.89 Å². The molecule has 2 saturated carbocycles. The molecule has 33 heavy (non-hydrogen) atoms. The normalized spacial score (nSPS) is 29.5. The van der Waals surface area contributed by atoms with E-state index in [0.717, 1.165) is 80.5 Å². The molecule has 3 unspecified atom stereocenters. The third-order valence-corrected chi connectivity index (χ3v) is 8.68. The highest BCUT2D eigenvalue weighted by Crippen LogP contribution is 2.46. The zero-order valence-electron chi connectivity index (χ0n) is 20.8. The van der Waals surface area contributed by atoms with Crippen LogP contribution >= 0.6 is 24.0 Å². The lowest BCUT2D eigenvalue weighted by atomic mass is 9.93. The standard InChI is InChI=1S/C25H42N6O.HI/c1-18-19(2)32-24(28-18)17-29-8-6-20(7-9-29)16-27-25(26-3)31-12-10-30(11-13-31)23-15-21-4-5-22(23)14-21;/h20-23H,4-17H2,1-3H3,(H,26,27);1H. The first kappa shape index (κ1) is 25.2. The molecule has 1 N–H and O–H groups in total. The van der Waals surface area contributed by atoms with Crippen molar-refractivity contribution < 1.29 is 4.42 Å². The van der Waals surface area contributed by atoms with Crippen molar-refractivity contribution in [1.29, 1.82) is 0 Å². The first-order chi connectivity index (χ1) is 15.6. The Kier molecular flexibility index (Phi) is 8.60. The number of halogens is 1. The van der Waals surface area contributed by atoms with E-state index in [1.165, 1.54) is 51.6 Å². The van der Waals surface area contributed by atoms with E-state index < -0.39 is 0 Å². The van der Waals surface area contributed by atoms with Crippen LogP contribution in [0.15, 0.2) is 9.41 Å². The van der Waals surface area contributed by atoms with Crippen molar-refractivity contribution in [3.8, 4) is 0 Å². The summed E-state index contributed by atoms with van der Waals surface area (Å²) in [5.41, 5.74) is 1.02. The van der Waals surface area contributed by atoms with Crippen LogP contribution in [-0.4, -0.2) is 84.5 Å². The van der Waals surface area contributed by atoms with E-state index in [-0.39, 0.29) is 24.0 Å². The minimum Gasteiger partial charge on any atom is -0.444 e. The second kappa shape index (κ2) is 11.2. The summed E-state index contributed by atoms with van der Waals surface area (Å²) in [6.07, 6.45) is 8.39. The Morgan fingerprint density at radius 2 is 1.79 bits per heavy atom. The summed E-state index contributed by atoms with van der Waals surface area (Å²) in [6.45, 7) is 12.7. The molecule has 8 heteroatoms. The fourth-order valence-corrected chi connectivity index (χ4v) is 6.64. The number of nitrogens with one attached hydrogen (secondary N) is 1. The highest BCUT2D eigenvalue weighted by atomic mass is 127. The number of aliphatic imine (C=N–C) groups is 1. The zero-order valence-corrected chi connectivity index (χ0v) is 23.1. The number of hydrogen-bond acceptors (Lipinski definition) is 5. The van der Waals surface area contributed by atoms with Crippen LogP contribution in [0.4, 0.5) is 0 Å². The molecule has 2 aliphatic heterocycles. The van der Waals surface area contributed by atoms with Crippen LogP contribution < -0.4 is 5.32 Å². The summed E-state index contributed by atoms with van der Waals surface area (Å²) in [6, 6.07) is 0.875. The molecule has 7 nitrogen and oxygen atoms in total. The Labute approximate surface area is 216 Å². The van der Waals surface area contributed by atoms with Gasteiger partial charge in [0.25, 0.3) is 0 Å². The largest absolute Gasteiger partial charge is 0.444 e. The van der Waals surface area contributed by atoms with Crippen LogP contribution in [0.5, 0.6) is 0 Å². The fourth-order valence-electron chi connectivity index (χ4n) is 6.64. The van der Waals surface area contributed by atoms with E-state index >= 15 is 0 Å². The van der Waals surface area contributed by atoms with E-state index in [4.69, 9.17) is 4.42 Å². The molecule has 2 aliphatic carbocycles. The van der Waals surface area contributed by atoms with Gasteiger partial charge in [-0.25, -0.2) is 4.98 Å². The SMILES string of the molecule is CN=C(NCC1CCN(Cc2nc(C)c(C)o2)CC1)N1CCN(C2CC3CCC2C3)CC1.I. The molecule has 0 radical (unpaired) electrons. The summed E-state index contributed by atoms with van der Waals surface area (Å²) < 4.78 is 5.77. The zero-order chi connectivity index (χ0) is 22.1. The summed E-state index contributed by atoms with van der Waals surface area (Å²) in [5.74, 6) is 5.65. The topological polar surface area (TPSA) is 60.1 Å². The van der Waals surface area contributed by atoms with Crippen molar-refractivity contribution in [3.63, 3.8) is 0 Å². The van der Waals surface area contributed by atoms with Crippen LogP contribution in [0.1, 0.15) is 55.9 Å². The van der Waals surface area contributed by atoms with Gasteiger partial charge in [-0.1, -0.05) is 6.42 Å². The van der Waals surface area contributed by atoms with Crippen molar-refractivity contribution in [2.75, 3.05) is 52.9 Å². The highest BCUT2D eigenvalue weighted by Gasteiger charge is 2.42. The van der Waals surface area contributed by atoms with E-state index in [1.807, 2.05) is 20.9 Å². The number of fused-ring (bicyclic) bond motifs is 2. The van der Waals surface area contributed by atoms with E-state index in [9.17, 15) is 0 Å². The van der Waals surface area contributed by atoms with Crippen LogP contribution in [0.25, 0.3) is 0 Å². The molecule has 2 bridgehead atoms. The Morgan fingerprint density at radius 3 is 2.36 bits per heavy atom. The Morgan fingerprint density at radius 1 is 1.03 bits per heavy atom. The number of aryl methyl sites for hydroxylation is 2. The molecule has 0 amide bonds. The van der Waals surface area contributed by atoms with Gasteiger partial charge < -0.3 is 14.6 Å². The Hall–Kier alpha value is -0.870. The summed E-state index contributed by atoms with van der Waals surface area (Å²) in [5, 5.41) is 3.70. The van der Waals surface area contributed by atoms with Gasteiger partial charge in [0.15, 0.2) is 5.96 Å². The summed E-state index contributed by atoms with van der Waals surface area (Å²) >= 11 is 0. The number of likely N-dealkylation sites (tertiary alicyclic amines) is 1. The van der Waals surface area contributed by atoms with Gasteiger partial charge in [-0.15, -0.1) is 24.0 Å². The van der Waals surface area contributed by atoms with Crippen molar-refractivity contribution in [2.24, 2.45) is 22.7 Å². The van der Waals surface area contributed by atoms with Crippen LogP contribution in [-0.2, 0) is 6.54 Å². The van der Waals surface area contributed by atoms with E-state index in [1.54, 1.807) is 0 Å². The minimum absolute atomic E-state index is 0. The van der Waals surface area contributed by atoms with Crippen LogP contribution in [0.3, 0.4) is 0 Å². The molecule has 1 aromatic heterocycles. The van der Waals surface area contributed by atoms with Gasteiger partial charge in [0.1, 0.15) is 5.76 Å². The summed E-state index contributed by atoms with van der Waals surface area (Å²) in [7, 11) is 1.94. The van der Waals surface area contributed by atoms with Crippen molar-refractivity contribution in [2.45, 2.75) is 65.0 Å². The maximum absolute atomic E-state index is 5.77. The number of piperazine rings is 1. The minimum atomic E-state index is 0. The van der Waals surface area contributed by atoms with Gasteiger partial charge in [-0.05, 0) is 76.8 Å². The molecule has 0 spiro atoms. The molecule has 1 aromatic rings. The predicted octanol–water partition coefficient (Wildman–Crippen LogP) is 3.50. The second-order valence-corrected chi connectivity index (χ2v) is 10.7. The van der Waals surface area contributed by atoms with Crippen molar-refractivity contribution in [3.05, 3.63) is 17.3 Å². The second-order valence-electron chi connectivity index (χ2n) is 10.7. The number of nitrogens with zero attached hydrogens (tertiary/aromatic N) is 5. The Balaban J connectivity index is 0.00000259. The number of piperidine rings is 1. The molecule has 186 valence electrons. The number of aromatic nitrogens is 1. The highest BCUT2D eigenvalue weighted by molar-refractivity contribution is 14.0. The smallest absolute Gasteiger partial charge is 0.208 e. The van der Waals surface area contributed by atoms with Gasteiger partial charge in [-0.3, -0.25) is 14.8 Å². The van der Waals surface area contributed by atoms with Gasteiger partial charge >= 0.3 is 0 Å². The molecule has 5 rings (SSSR count). The van der Waals surface area contributed by atoms with E-state index in [2.05, 4.69) is 30.0 Å². The number of guanidine groups is 1. The van der Waals surface area contributed by atoms with E-state index in [0.29, 0.717) is 5.92 Å². The summed E-state index contributed by atoms with van der Waals surface area (Å²) in [4.78, 5) is 16.9. The van der Waals surface area contributed by atoms with Crippen LogP contribution in [0.2, 0.25) is 0 Å². The number of oxazole rings is 1.